The van der Waals surface area contributed by atoms with Crippen molar-refractivity contribution in [3.8, 4) is 0 Å². The maximum atomic E-state index is 11.9. The number of carbonyl (C=O) groups excluding carboxylic acids is 1. The van der Waals surface area contributed by atoms with Gasteiger partial charge in [0.15, 0.2) is 0 Å². The fraction of sp³-hybridized carbons (Fsp3) is 0.500. The lowest BCUT2D eigenvalue weighted by atomic mass is 10.0. The van der Waals surface area contributed by atoms with Crippen LogP contribution in [0.2, 0.25) is 5.02 Å². The van der Waals surface area contributed by atoms with Crippen LogP contribution in [0.1, 0.15) is 36.5 Å². The topological polar surface area (TPSA) is 32.3 Å². The van der Waals surface area contributed by atoms with Crippen molar-refractivity contribution in [2.24, 2.45) is 0 Å². The molecule has 0 radical (unpaired) electrons. The Balaban J connectivity index is 1.86. The van der Waals surface area contributed by atoms with Crippen LogP contribution in [0.3, 0.4) is 0 Å². The predicted octanol–water partition coefficient (Wildman–Crippen LogP) is 2.90. The average Bonchev–Trinajstić information content (AvgIpc) is 2.38. The zero-order valence-corrected chi connectivity index (χ0v) is 11.4. The molecular formula is C14H19ClN2O. The molecule has 1 N–H and O–H groups in total. The quantitative estimate of drug-likeness (QED) is 0.912. The van der Waals surface area contributed by atoms with E-state index in [0.717, 1.165) is 6.54 Å². The van der Waals surface area contributed by atoms with E-state index in [1.165, 1.54) is 19.3 Å². The van der Waals surface area contributed by atoms with Crippen molar-refractivity contribution in [1.82, 2.24) is 10.2 Å². The molecule has 1 aliphatic rings. The predicted molar refractivity (Wildman–Crippen MR) is 73.8 cm³/mol. The van der Waals surface area contributed by atoms with Gasteiger partial charge in [-0.2, -0.15) is 0 Å². The van der Waals surface area contributed by atoms with Crippen LogP contribution in [0.4, 0.5) is 0 Å². The molecule has 0 saturated carbocycles. The van der Waals surface area contributed by atoms with Crippen molar-refractivity contribution in [3.05, 3.63) is 34.9 Å². The van der Waals surface area contributed by atoms with Crippen molar-refractivity contribution in [2.45, 2.75) is 32.2 Å². The first kappa shape index (κ1) is 13.4. The summed E-state index contributed by atoms with van der Waals surface area (Å²) in [5, 5.41) is 3.61. The fourth-order valence-corrected chi connectivity index (χ4v) is 2.40. The smallest absolute Gasteiger partial charge is 0.252 e. The summed E-state index contributed by atoms with van der Waals surface area (Å²) >= 11 is 5.79. The first-order valence-corrected chi connectivity index (χ1v) is 6.82. The third-order valence-electron chi connectivity index (χ3n) is 3.49. The van der Waals surface area contributed by atoms with E-state index in [2.05, 4.69) is 17.1 Å². The van der Waals surface area contributed by atoms with Crippen LogP contribution in [-0.2, 0) is 0 Å². The first-order chi connectivity index (χ1) is 8.66. The van der Waals surface area contributed by atoms with Crippen LogP contribution in [0.5, 0.6) is 0 Å². The molecule has 98 valence electrons. The SMILES string of the molecule is CC1CCCCN1CNC(=O)c1ccc(Cl)cc1. The van der Waals surface area contributed by atoms with Crippen molar-refractivity contribution in [2.75, 3.05) is 13.2 Å². The number of nitrogens with zero attached hydrogens (tertiary/aromatic N) is 1. The van der Waals surface area contributed by atoms with Crippen LogP contribution >= 0.6 is 11.6 Å². The normalized spacial score (nSPS) is 20.7. The van der Waals surface area contributed by atoms with Gasteiger partial charge >= 0.3 is 0 Å². The summed E-state index contributed by atoms with van der Waals surface area (Å²) in [6.45, 7) is 3.91. The molecule has 1 heterocycles. The molecule has 1 aromatic rings. The van der Waals surface area contributed by atoms with Gasteiger partial charge in [0.25, 0.3) is 5.91 Å². The highest BCUT2D eigenvalue weighted by Crippen LogP contribution is 2.15. The Morgan fingerprint density at radius 2 is 2.11 bits per heavy atom. The molecule has 0 bridgehead atoms. The summed E-state index contributed by atoms with van der Waals surface area (Å²) in [6.07, 6.45) is 3.74. The number of amides is 1. The average molecular weight is 267 g/mol. The summed E-state index contributed by atoms with van der Waals surface area (Å²) < 4.78 is 0. The lowest BCUT2D eigenvalue weighted by Gasteiger charge is -2.33. The van der Waals surface area contributed by atoms with E-state index in [0.29, 0.717) is 23.3 Å². The zero-order chi connectivity index (χ0) is 13.0. The molecule has 1 aromatic carbocycles. The minimum Gasteiger partial charge on any atom is -0.339 e. The number of benzene rings is 1. The van der Waals surface area contributed by atoms with Gasteiger partial charge in [-0.25, -0.2) is 0 Å². The minimum absolute atomic E-state index is 0.0376. The van der Waals surface area contributed by atoms with Gasteiger partial charge in [-0.3, -0.25) is 9.69 Å². The Morgan fingerprint density at radius 3 is 2.78 bits per heavy atom. The van der Waals surface area contributed by atoms with E-state index in [-0.39, 0.29) is 5.91 Å². The summed E-state index contributed by atoms with van der Waals surface area (Å²) in [4.78, 5) is 14.2. The minimum atomic E-state index is -0.0376. The molecule has 3 nitrogen and oxygen atoms in total. The Bertz CT molecular complexity index is 405. The number of hydrogen-bond acceptors (Lipinski definition) is 2. The molecule has 1 saturated heterocycles. The second kappa shape index (κ2) is 6.21. The number of halogens is 1. The second-order valence-electron chi connectivity index (χ2n) is 4.83. The third-order valence-corrected chi connectivity index (χ3v) is 3.74. The van der Waals surface area contributed by atoms with E-state index >= 15 is 0 Å². The Morgan fingerprint density at radius 1 is 1.39 bits per heavy atom. The van der Waals surface area contributed by atoms with Gasteiger partial charge in [0.1, 0.15) is 0 Å². The molecule has 1 unspecified atom stereocenters. The largest absolute Gasteiger partial charge is 0.339 e. The van der Waals surface area contributed by atoms with Crippen molar-refractivity contribution in [1.29, 1.82) is 0 Å². The number of piperidine rings is 1. The zero-order valence-electron chi connectivity index (χ0n) is 10.7. The third kappa shape index (κ3) is 3.47. The highest BCUT2D eigenvalue weighted by atomic mass is 35.5. The van der Waals surface area contributed by atoms with Gasteiger partial charge in [-0.15, -0.1) is 0 Å². The van der Waals surface area contributed by atoms with E-state index in [1.54, 1.807) is 24.3 Å². The van der Waals surface area contributed by atoms with Gasteiger partial charge in [0.05, 0.1) is 6.67 Å². The summed E-state index contributed by atoms with van der Waals surface area (Å²) in [6, 6.07) is 7.53. The Labute approximate surface area is 113 Å². The lowest BCUT2D eigenvalue weighted by Crippen LogP contribution is -2.44. The van der Waals surface area contributed by atoms with Crippen molar-refractivity contribution < 1.29 is 4.79 Å². The van der Waals surface area contributed by atoms with Crippen LogP contribution in [0.25, 0.3) is 0 Å². The molecule has 1 fully saturated rings. The molecule has 1 amide bonds. The standard InChI is InChI=1S/C14H19ClN2O/c1-11-4-2-3-9-17(11)10-16-14(18)12-5-7-13(15)8-6-12/h5-8,11H,2-4,9-10H2,1H3,(H,16,18). The summed E-state index contributed by atoms with van der Waals surface area (Å²) in [5.41, 5.74) is 0.657. The fourth-order valence-electron chi connectivity index (χ4n) is 2.27. The maximum absolute atomic E-state index is 11.9. The monoisotopic (exact) mass is 266 g/mol. The van der Waals surface area contributed by atoms with Crippen LogP contribution in [-0.4, -0.2) is 30.1 Å². The molecular weight excluding hydrogens is 248 g/mol. The van der Waals surface area contributed by atoms with Gasteiger partial charge in [0, 0.05) is 23.2 Å². The molecule has 0 aromatic heterocycles. The number of carbonyl (C=O) groups is 1. The van der Waals surface area contributed by atoms with E-state index in [4.69, 9.17) is 11.6 Å². The lowest BCUT2D eigenvalue weighted by molar-refractivity contribution is 0.0880. The maximum Gasteiger partial charge on any atom is 0.252 e. The number of likely N-dealkylation sites (tertiary alicyclic amines) is 1. The van der Waals surface area contributed by atoms with Gasteiger partial charge in [0.2, 0.25) is 0 Å². The highest BCUT2D eigenvalue weighted by Gasteiger charge is 2.18. The number of rotatable bonds is 3. The molecule has 4 heteroatoms. The van der Waals surface area contributed by atoms with E-state index in [1.807, 2.05) is 0 Å². The van der Waals surface area contributed by atoms with E-state index in [9.17, 15) is 4.79 Å². The van der Waals surface area contributed by atoms with Crippen molar-refractivity contribution >= 4 is 17.5 Å². The van der Waals surface area contributed by atoms with Gasteiger partial charge in [-0.1, -0.05) is 18.0 Å². The number of nitrogens with one attached hydrogen (secondary N) is 1. The Hall–Kier alpha value is -1.06. The molecule has 2 rings (SSSR count). The summed E-state index contributed by atoms with van der Waals surface area (Å²) in [5.74, 6) is -0.0376. The van der Waals surface area contributed by atoms with Gasteiger partial charge < -0.3 is 5.32 Å². The molecule has 0 spiro atoms. The second-order valence-corrected chi connectivity index (χ2v) is 5.26. The molecule has 0 aliphatic carbocycles. The highest BCUT2D eigenvalue weighted by molar-refractivity contribution is 6.30. The van der Waals surface area contributed by atoms with E-state index < -0.39 is 0 Å². The Kier molecular flexibility index (Phi) is 4.61. The molecule has 1 aliphatic heterocycles. The van der Waals surface area contributed by atoms with Crippen LogP contribution in [0.15, 0.2) is 24.3 Å². The number of hydrogen-bond donors (Lipinski definition) is 1. The van der Waals surface area contributed by atoms with Gasteiger partial charge in [-0.05, 0) is 44.0 Å². The molecule has 1 atom stereocenters. The van der Waals surface area contributed by atoms with Crippen molar-refractivity contribution in [3.63, 3.8) is 0 Å². The van der Waals surface area contributed by atoms with Crippen LogP contribution in [0, 0.1) is 0 Å². The summed E-state index contributed by atoms with van der Waals surface area (Å²) in [7, 11) is 0. The molecule has 18 heavy (non-hydrogen) atoms. The van der Waals surface area contributed by atoms with Crippen LogP contribution < -0.4 is 5.32 Å². The first-order valence-electron chi connectivity index (χ1n) is 6.44.